The molecule has 0 aromatic carbocycles. The number of rotatable bonds is 3. The fourth-order valence-corrected chi connectivity index (χ4v) is 3.50. The molecule has 1 amide bonds. The molecule has 0 N–H and O–H groups in total. The third-order valence-electron chi connectivity index (χ3n) is 4.01. The van der Waals surface area contributed by atoms with Crippen LogP contribution < -0.4 is 0 Å². The zero-order valence-corrected chi connectivity index (χ0v) is 14.7. The van der Waals surface area contributed by atoms with Crippen LogP contribution in [0.3, 0.4) is 0 Å². The number of piperidine rings is 1. The van der Waals surface area contributed by atoms with Crippen LogP contribution in [0.15, 0.2) is 21.2 Å². The topological polar surface area (TPSA) is 59.2 Å². The van der Waals surface area contributed by atoms with E-state index in [-0.39, 0.29) is 17.2 Å². The highest BCUT2D eigenvalue weighted by Crippen LogP contribution is 2.30. The molecular formula is C17H23N3O2S. The molecule has 5 nitrogen and oxygen atoms in total. The van der Waals surface area contributed by atoms with Gasteiger partial charge in [-0.15, -0.1) is 10.2 Å². The predicted octanol–water partition coefficient (Wildman–Crippen LogP) is 3.94. The van der Waals surface area contributed by atoms with Crippen molar-refractivity contribution in [3.05, 3.63) is 22.7 Å². The largest absolute Gasteiger partial charge is 0.420 e. The lowest BCUT2D eigenvalue weighted by Gasteiger charge is -2.33. The molecule has 1 saturated heterocycles. The molecule has 2 aromatic heterocycles. The summed E-state index contributed by atoms with van der Waals surface area (Å²) >= 11 is 1.61. The van der Waals surface area contributed by atoms with Gasteiger partial charge in [-0.25, -0.2) is 0 Å². The van der Waals surface area contributed by atoms with Crippen LogP contribution >= 0.6 is 11.3 Å². The second-order valence-electron chi connectivity index (χ2n) is 7.37. The number of carbonyl (C=O) groups excluding carboxylic acids is 1. The number of amides is 1. The number of hydrogen-bond acceptors (Lipinski definition) is 5. The monoisotopic (exact) mass is 333 g/mol. The molecule has 1 unspecified atom stereocenters. The van der Waals surface area contributed by atoms with Crippen LogP contribution in [0.2, 0.25) is 0 Å². The molecule has 1 aliphatic rings. The van der Waals surface area contributed by atoms with Crippen molar-refractivity contribution in [3.8, 4) is 11.5 Å². The molecule has 23 heavy (non-hydrogen) atoms. The van der Waals surface area contributed by atoms with Gasteiger partial charge >= 0.3 is 0 Å². The van der Waals surface area contributed by atoms with E-state index >= 15 is 0 Å². The molecule has 0 aliphatic carbocycles. The van der Waals surface area contributed by atoms with E-state index < -0.39 is 0 Å². The van der Waals surface area contributed by atoms with Crippen LogP contribution in [0.4, 0.5) is 0 Å². The van der Waals surface area contributed by atoms with Crippen molar-refractivity contribution in [2.24, 2.45) is 5.41 Å². The average Bonchev–Trinajstić information content (AvgIpc) is 3.17. The van der Waals surface area contributed by atoms with E-state index in [0.29, 0.717) is 24.7 Å². The lowest BCUT2D eigenvalue weighted by molar-refractivity contribution is -0.134. The first-order valence-corrected chi connectivity index (χ1v) is 9.00. The summed E-state index contributed by atoms with van der Waals surface area (Å²) < 4.78 is 5.84. The molecular weight excluding hydrogens is 310 g/mol. The van der Waals surface area contributed by atoms with E-state index in [0.717, 1.165) is 24.9 Å². The van der Waals surface area contributed by atoms with Crippen LogP contribution in [0.25, 0.3) is 11.5 Å². The Morgan fingerprint density at radius 3 is 2.96 bits per heavy atom. The van der Waals surface area contributed by atoms with Crippen molar-refractivity contribution < 1.29 is 9.21 Å². The maximum atomic E-state index is 12.4. The van der Waals surface area contributed by atoms with Gasteiger partial charge in [0, 0.05) is 30.5 Å². The van der Waals surface area contributed by atoms with Crippen molar-refractivity contribution in [2.75, 3.05) is 13.1 Å². The molecule has 1 atom stereocenters. The summed E-state index contributed by atoms with van der Waals surface area (Å²) in [5.74, 6) is 1.59. The van der Waals surface area contributed by atoms with Gasteiger partial charge in [0.25, 0.3) is 0 Å². The summed E-state index contributed by atoms with van der Waals surface area (Å²) in [4.78, 5) is 14.4. The van der Waals surface area contributed by atoms with Gasteiger partial charge in [0.2, 0.25) is 17.7 Å². The summed E-state index contributed by atoms with van der Waals surface area (Å²) in [6.07, 6.45) is 2.55. The molecule has 1 aliphatic heterocycles. The van der Waals surface area contributed by atoms with Crippen LogP contribution in [0.1, 0.15) is 51.8 Å². The van der Waals surface area contributed by atoms with E-state index in [4.69, 9.17) is 4.42 Å². The third kappa shape index (κ3) is 3.99. The fraction of sp³-hybridized carbons (Fsp3) is 0.588. The first-order valence-electron chi connectivity index (χ1n) is 8.06. The Morgan fingerprint density at radius 1 is 1.43 bits per heavy atom. The number of likely N-dealkylation sites (tertiary alicyclic amines) is 1. The first-order chi connectivity index (χ1) is 10.9. The Labute approximate surface area is 140 Å². The Balaban J connectivity index is 1.68. The molecule has 0 saturated carbocycles. The second kappa shape index (κ2) is 6.43. The summed E-state index contributed by atoms with van der Waals surface area (Å²) in [6.45, 7) is 7.80. The zero-order chi connectivity index (χ0) is 16.4. The van der Waals surface area contributed by atoms with E-state index in [1.165, 1.54) is 0 Å². The van der Waals surface area contributed by atoms with Crippen LogP contribution in [-0.4, -0.2) is 34.1 Å². The van der Waals surface area contributed by atoms with E-state index in [2.05, 4.69) is 31.0 Å². The summed E-state index contributed by atoms with van der Waals surface area (Å²) in [5.41, 5.74) is 0.978. The van der Waals surface area contributed by atoms with Crippen molar-refractivity contribution in [1.29, 1.82) is 0 Å². The lowest BCUT2D eigenvalue weighted by Crippen LogP contribution is -2.40. The molecule has 6 heteroatoms. The predicted molar refractivity (Wildman–Crippen MR) is 90.2 cm³/mol. The standard InChI is InChI=1S/C17H23N3O2S/c1-17(2,3)9-14(21)20-7-4-5-12(10-20)15-18-19-16(22-15)13-6-8-23-11-13/h6,8,11-12H,4-5,7,9-10H2,1-3H3. The van der Waals surface area contributed by atoms with Gasteiger partial charge in [0.05, 0.1) is 5.92 Å². The maximum Gasteiger partial charge on any atom is 0.248 e. The Bertz CT molecular complexity index is 658. The summed E-state index contributed by atoms with van der Waals surface area (Å²) in [6, 6.07) is 1.97. The molecule has 1 fully saturated rings. The van der Waals surface area contributed by atoms with Gasteiger partial charge in [-0.3, -0.25) is 4.79 Å². The average molecular weight is 333 g/mol. The lowest BCUT2D eigenvalue weighted by atomic mass is 9.90. The van der Waals surface area contributed by atoms with Crippen LogP contribution in [-0.2, 0) is 4.79 Å². The van der Waals surface area contributed by atoms with E-state index in [1.807, 2.05) is 21.7 Å². The van der Waals surface area contributed by atoms with Crippen molar-refractivity contribution in [1.82, 2.24) is 15.1 Å². The minimum atomic E-state index is 0.0145. The number of nitrogens with zero attached hydrogens (tertiary/aromatic N) is 3. The summed E-state index contributed by atoms with van der Waals surface area (Å²) in [5, 5.41) is 12.4. The second-order valence-corrected chi connectivity index (χ2v) is 8.15. The number of aromatic nitrogens is 2. The minimum Gasteiger partial charge on any atom is -0.420 e. The van der Waals surface area contributed by atoms with Gasteiger partial charge in [-0.2, -0.15) is 11.3 Å². The van der Waals surface area contributed by atoms with E-state index in [9.17, 15) is 4.79 Å². The molecule has 2 aromatic rings. The molecule has 0 radical (unpaired) electrons. The molecule has 124 valence electrons. The van der Waals surface area contributed by atoms with Crippen LogP contribution in [0.5, 0.6) is 0 Å². The zero-order valence-electron chi connectivity index (χ0n) is 13.9. The van der Waals surface area contributed by atoms with Gasteiger partial charge in [-0.1, -0.05) is 20.8 Å². The number of carbonyl (C=O) groups is 1. The third-order valence-corrected chi connectivity index (χ3v) is 4.70. The molecule has 3 rings (SSSR count). The van der Waals surface area contributed by atoms with Gasteiger partial charge < -0.3 is 9.32 Å². The Morgan fingerprint density at radius 2 is 2.26 bits per heavy atom. The SMILES string of the molecule is CC(C)(C)CC(=O)N1CCCC(c2nnc(-c3ccsc3)o2)C1. The Kier molecular flexibility index (Phi) is 4.53. The molecule has 0 bridgehead atoms. The number of hydrogen-bond donors (Lipinski definition) is 0. The van der Waals surface area contributed by atoms with Crippen LogP contribution in [0, 0.1) is 5.41 Å². The highest BCUT2D eigenvalue weighted by molar-refractivity contribution is 7.08. The van der Waals surface area contributed by atoms with Crippen molar-refractivity contribution in [2.45, 2.75) is 46.0 Å². The highest BCUT2D eigenvalue weighted by Gasteiger charge is 2.30. The highest BCUT2D eigenvalue weighted by atomic mass is 32.1. The quantitative estimate of drug-likeness (QED) is 0.853. The minimum absolute atomic E-state index is 0.0145. The van der Waals surface area contributed by atoms with Crippen molar-refractivity contribution in [3.63, 3.8) is 0 Å². The van der Waals surface area contributed by atoms with Gasteiger partial charge in [0.1, 0.15) is 0 Å². The Hall–Kier alpha value is -1.69. The van der Waals surface area contributed by atoms with E-state index in [1.54, 1.807) is 11.3 Å². The number of thiophene rings is 1. The normalized spacial score (nSPS) is 19.1. The van der Waals surface area contributed by atoms with Gasteiger partial charge in [0.15, 0.2) is 0 Å². The molecule has 0 spiro atoms. The van der Waals surface area contributed by atoms with Crippen molar-refractivity contribution >= 4 is 17.2 Å². The summed E-state index contributed by atoms with van der Waals surface area (Å²) in [7, 11) is 0. The smallest absolute Gasteiger partial charge is 0.248 e. The van der Waals surface area contributed by atoms with Gasteiger partial charge in [-0.05, 0) is 29.7 Å². The molecule has 3 heterocycles. The maximum absolute atomic E-state index is 12.4. The first kappa shape index (κ1) is 16.2. The fourth-order valence-electron chi connectivity index (χ4n) is 2.87.